The molecule has 1 N–H and O–H groups in total. The van der Waals surface area contributed by atoms with Gasteiger partial charge in [0.25, 0.3) is 5.91 Å². The van der Waals surface area contributed by atoms with Gasteiger partial charge in [0, 0.05) is 24.0 Å². The van der Waals surface area contributed by atoms with Gasteiger partial charge in [0.2, 0.25) is 0 Å². The van der Waals surface area contributed by atoms with Crippen LogP contribution in [0.2, 0.25) is 0 Å². The Morgan fingerprint density at radius 1 is 1.37 bits per heavy atom. The Balaban J connectivity index is 2.23. The van der Waals surface area contributed by atoms with E-state index in [2.05, 4.69) is 14.7 Å². The second-order valence-corrected chi connectivity index (χ2v) is 3.62. The summed E-state index contributed by atoms with van der Waals surface area (Å²) in [4.78, 5) is 15.2. The first-order valence-corrected chi connectivity index (χ1v) is 5.16. The zero-order chi connectivity index (χ0) is 13.9. The number of pyridine rings is 1. The van der Waals surface area contributed by atoms with Gasteiger partial charge in [-0.1, -0.05) is 11.2 Å². The van der Waals surface area contributed by atoms with Gasteiger partial charge in [0.1, 0.15) is 6.26 Å². The van der Waals surface area contributed by atoms with E-state index in [1.165, 1.54) is 24.4 Å². The molecule has 100 valence electrons. The van der Waals surface area contributed by atoms with Crippen molar-refractivity contribution in [1.29, 1.82) is 0 Å². The fourth-order valence-corrected chi connectivity index (χ4v) is 1.44. The molecule has 0 aliphatic carbocycles. The van der Waals surface area contributed by atoms with E-state index < -0.39 is 18.1 Å². The number of alkyl halides is 3. The van der Waals surface area contributed by atoms with Crippen LogP contribution in [0.1, 0.15) is 22.1 Å². The van der Waals surface area contributed by atoms with Crippen LogP contribution in [0, 0.1) is 0 Å². The number of halogens is 3. The molecule has 0 spiro atoms. The molecule has 2 heterocycles. The van der Waals surface area contributed by atoms with Crippen molar-refractivity contribution in [2.24, 2.45) is 0 Å². The first-order valence-electron chi connectivity index (χ1n) is 5.16. The lowest BCUT2D eigenvalue weighted by atomic mass is 10.1. The van der Waals surface area contributed by atoms with Crippen molar-refractivity contribution in [2.45, 2.75) is 12.2 Å². The second kappa shape index (κ2) is 5.09. The van der Waals surface area contributed by atoms with Gasteiger partial charge in [0.05, 0.1) is 0 Å². The highest BCUT2D eigenvalue weighted by molar-refractivity contribution is 5.92. The van der Waals surface area contributed by atoms with E-state index in [9.17, 15) is 18.0 Å². The van der Waals surface area contributed by atoms with Gasteiger partial charge in [-0.15, -0.1) is 0 Å². The topological polar surface area (TPSA) is 68.0 Å². The fourth-order valence-electron chi connectivity index (χ4n) is 1.44. The van der Waals surface area contributed by atoms with Gasteiger partial charge in [-0.2, -0.15) is 13.2 Å². The summed E-state index contributed by atoms with van der Waals surface area (Å²) in [6.45, 7) is 0. The van der Waals surface area contributed by atoms with E-state index in [1.807, 2.05) is 5.32 Å². The highest BCUT2D eigenvalue weighted by atomic mass is 19.4. The summed E-state index contributed by atoms with van der Waals surface area (Å²) in [5, 5.41) is 5.12. The second-order valence-electron chi connectivity index (χ2n) is 3.62. The van der Waals surface area contributed by atoms with E-state index in [-0.39, 0.29) is 11.3 Å². The minimum atomic E-state index is -4.64. The third kappa shape index (κ3) is 3.09. The van der Waals surface area contributed by atoms with Gasteiger partial charge in [-0.3, -0.25) is 9.78 Å². The third-order valence-electron chi connectivity index (χ3n) is 2.29. The molecule has 2 rings (SSSR count). The summed E-state index contributed by atoms with van der Waals surface area (Å²) >= 11 is 0. The molecule has 1 atom stereocenters. The molecule has 0 aliphatic heterocycles. The number of aromatic nitrogens is 2. The van der Waals surface area contributed by atoms with E-state index in [0.29, 0.717) is 0 Å². The van der Waals surface area contributed by atoms with Crippen molar-refractivity contribution >= 4 is 5.91 Å². The lowest BCUT2D eigenvalue weighted by Gasteiger charge is -2.21. The van der Waals surface area contributed by atoms with E-state index >= 15 is 0 Å². The lowest BCUT2D eigenvalue weighted by molar-refractivity contribution is -0.155. The Hall–Kier alpha value is -2.38. The van der Waals surface area contributed by atoms with Gasteiger partial charge in [0.15, 0.2) is 11.7 Å². The van der Waals surface area contributed by atoms with Crippen LogP contribution in [0.3, 0.4) is 0 Å². The number of carbonyl (C=O) groups excluding carboxylic acids is 1. The Kier molecular flexibility index (Phi) is 3.50. The molecule has 0 saturated heterocycles. The summed E-state index contributed by atoms with van der Waals surface area (Å²) < 4.78 is 43.2. The van der Waals surface area contributed by atoms with Crippen LogP contribution in [-0.4, -0.2) is 22.2 Å². The van der Waals surface area contributed by atoms with Gasteiger partial charge in [-0.05, 0) is 6.07 Å². The Labute approximate surface area is 105 Å². The predicted molar refractivity (Wildman–Crippen MR) is 57.0 cm³/mol. The lowest BCUT2D eigenvalue weighted by Crippen LogP contribution is -2.38. The molecule has 0 aliphatic rings. The monoisotopic (exact) mass is 271 g/mol. The average molecular weight is 271 g/mol. The van der Waals surface area contributed by atoms with Crippen molar-refractivity contribution in [1.82, 2.24) is 15.5 Å². The first kappa shape index (κ1) is 13.1. The van der Waals surface area contributed by atoms with Crippen LogP contribution in [0.4, 0.5) is 13.2 Å². The molecule has 0 bridgehead atoms. The number of amides is 1. The van der Waals surface area contributed by atoms with Gasteiger partial charge >= 0.3 is 6.18 Å². The van der Waals surface area contributed by atoms with Crippen LogP contribution < -0.4 is 5.32 Å². The van der Waals surface area contributed by atoms with Crippen LogP contribution in [0.15, 0.2) is 41.4 Å². The standard InChI is InChI=1S/C11H8F3N3O2/c12-11(13,14)9(7-2-1-4-15-6-7)16-10(18)8-3-5-19-17-8/h1-6,9H,(H,16,18)/t9-/m0/s1. The largest absolute Gasteiger partial charge is 0.412 e. The average Bonchev–Trinajstić information content (AvgIpc) is 2.89. The molecule has 8 heteroatoms. The summed E-state index contributed by atoms with van der Waals surface area (Å²) in [6, 6.07) is 1.61. The SMILES string of the molecule is O=C(N[C@@H](c1cccnc1)C(F)(F)F)c1ccon1. The maximum atomic E-state index is 12.9. The quantitative estimate of drug-likeness (QED) is 0.928. The Bertz CT molecular complexity index is 540. The van der Waals surface area contributed by atoms with Crippen LogP contribution in [0.25, 0.3) is 0 Å². The number of hydrogen-bond donors (Lipinski definition) is 1. The molecule has 5 nitrogen and oxygen atoms in total. The van der Waals surface area contributed by atoms with Gasteiger partial charge < -0.3 is 9.84 Å². The summed E-state index contributed by atoms with van der Waals surface area (Å²) in [5.41, 5.74) is -0.384. The molecule has 0 fully saturated rings. The smallest absolute Gasteiger partial charge is 0.364 e. The zero-order valence-corrected chi connectivity index (χ0v) is 9.39. The van der Waals surface area contributed by atoms with Crippen molar-refractivity contribution in [3.8, 4) is 0 Å². The zero-order valence-electron chi connectivity index (χ0n) is 9.39. The Morgan fingerprint density at radius 3 is 2.68 bits per heavy atom. The van der Waals surface area contributed by atoms with Crippen molar-refractivity contribution in [2.75, 3.05) is 0 Å². The molecule has 0 saturated carbocycles. The van der Waals surface area contributed by atoms with Crippen LogP contribution in [-0.2, 0) is 0 Å². The summed E-state index contributed by atoms with van der Waals surface area (Å²) in [6.07, 6.45) is -1.15. The maximum Gasteiger partial charge on any atom is 0.412 e. The number of nitrogens with one attached hydrogen (secondary N) is 1. The predicted octanol–water partition coefficient (Wildman–Crippen LogP) is 2.10. The molecule has 0 unspecified atom stereocenters. The van der Waals surface area contributed by atoms with Crippen molar-refractivity contribution in [3.63, 3.8) is 0 Å². The summed E-state index contributed by atoms with van der Waals surface area (Å²) in [5.74, 6) is -0.972. The highest BCUT2D eigenvalue weighted by Gasteiger charge is 2.42. The number of carbonyl (C=O) groups is 1. The first-order chi connectivity index (χ1) is 8.98. The van der Waals surface area contributed by atoms with Crippen molar-refractivity contribution in [3.05, 3.63) is 48.1 Å². The molecule has 2 aromatic heterocycles. The third-order valence-corrected chi connectivity index (χ3v) is 2.29. The fraction of sp³-hybridized carbons (Fsp3) is 0.182. The number of nitrogens with zero attached hydrogens (tertiary/aromatic N) is 2. The molecule has 0 aromatic carbocycles. The van der Waals surface area contributed by atoms with Crippen LogP contribution >= 0.6 is 0 Å². The molecule has 0 radical (unpaired) electrons. The minimum Gasteiger partial charge on any atom is -0.364 e. The van der Waals surface area contributed by atoms with Crippen molar-refractivity contribution < 1.29 is 22.5 Å². The number of hydrogen-bond acceptors (Lipinski definition) is 4. The molecular formula is C11H8F3N3O2. The highest BCUT2D eigenvalue weighted by Crippen LogP contribution is 2.32. The van der Waals surface area contributed by atoms with E-state index in [1.54, 1.807) is 0 Å². The normalized spacial score (nSPS) is 13.0. The van der Waals surface area contributed by atoms with Gasteiger partial charge in [-0.25, -0.2) is 0 Å². The Morgan fingerprint density at radius 2 is 2.16 bits per heavy atom. The summed E-state index contributed by atoms with van der Waals surface area (Å²) in [7, 11) is 0. The number of rotatable bonds is 3. The van der Waals surface area contributed by atoms with E-state index in [0.717, 1.165) is 12.5 Å². The molecule has 19 heavy (non-hydrogen) atoms. The molecule has 2 aromatic rings. The van der Waals surface area contributed by atoms with E-state index in [4.69, 9.17) is 0 Å². The maximum absolute atomic E-state index is 12.9. The van der Waals surface area contributed by atoms with Crippen LogP contribution in [0.5, 0.6) is 0 Å². The minimum absolute atomic E-state index is 0.160. The molecular weight excluding hydrogens is 263 g/mol. The molecule has 1 amide bonds.